The number of carbonyl (C=O) groups is 1. The number of hydrogen-bond donors (Lipinski definition) is 1. The van der Waals surface area contributed by atoms with Crippen LogP contribution in [0.1, 0.15) is 26.3 Å². The molecule has 0 bridgehead atoms. The first-order valence-electron chi connectivity index (χ1n) is 6.89. The van der Waals surface area contributed by atoms with Crippen molar-refractivity contribution >= 4 is 11.9 Å². The maximum Gasteiger partial charge on any atom is 0.413 e. The van der Waals surface area contributed by atoms with Crippen LogP contribution in [0.4, 0.5) is 15.0 Å². The topological polar surface area (TPSA) is 51.2 Å². The van der Waals surface area contributed by atoms with E-state index in [1.54, 1.807) is 46.0 Å². The molecule has 4 nitrogen and oxygen atoms in total. The highest BCUT2D eigenvalue weighted by molar-refractivity contribution is 5.84. The van der Waals surface area contributed by atoms with Gasteiger partial charge in [-0.05, 0) is 68.7 Å². The van der Waals surface area contributed by atoms with E-state index in [1.165, 1.54) is 12.1 Å². The molecule has 1 heterocycles. The quantitative estimate of drug-likeness (QED) is 0.897. The van der Waals surface area contributed by atoms with Gasteiger partial charge in [0.15, 0.2) is 0 Å². The molecule has 0 spiro atoms. The van der Waals surface area contributed by atoms with Crippen LogP contribution in [0.25, 0.3) is 11.1 Å². The maximum absolute atomic E-state index is 13.6. The fourth-order valence-corrected chi connectivity index (χ4v) is 1.91. The second-order valence-corrected chi connectivity index (χ2v) is 5.88. The van der Waals surface area contributed by atoms with E-state index in [9.17, 15) is 9.18 Å². The van der Waals surface area contributed by atoms with E-state index in [4.69, 9.17) is 4.74 Å². The van der Waals surface area contributed by atoms with Crippen LogP contribution in [-0.4, -0.2) is 16.7 Å². The van der Waals surface area contributed by atoms with E-state index in [0.29, 0.717) is 16.9 Å². The normalized spacial score (nSPS) is 11.1. The molecule has 0 fully saturated rings. The highest BCUT2D eigenvalue weighted by atomic mass is 19.1. The number of nitrogens with one attached hydrogen (secondary N) is 1. The lowest BCUT2D eigenvalue weighted by atomic mass is 10.0. The van der Waals surface area contributed by atoms with Crippen LogP contribution in [-0.2, 0) is 4.74 Å². The number of ether oxygens (including phenoxy) is 1. The molecular formula is C17H18FN2O2. The number of hydrogen-bond acceptors (Lipinski definition) is 3. The smallest absolute Gasteiger partial charge is 0.413 e. The fourth-order valence-electron chi connectivity index (χ4n) is 1.91. The van der Waals surface area contributed by atoms with Crippen molar-refractivity contribution in [2.45, 2.75) is 33.3 Å². The van der Waals surface area contributed by atoms with Gasteiger partial charge in [-0.3, -0.25) is 5.32 Å². The van der Waals surface area contributed by atoms with Gasteiger partial charge in [-0.25, -0.2) is 14.2 Å². The van der Waals surface area contributed by atoms with Crippen molar-refractivity contribution in [3.63, 3.8) is 0 Å². The molecule has 1 aromatic heterocycles. The highest BCUT2D eigenvalue weighted by Crippen LogP contribution is 2.25. The van der Waals surface area contributed by atoms with Crippen LogP contribution in [0.2, 0.25) is 0 Å². The molecule has 0 saturated heterocycles. The van der Waals surface area contributed by atoms with Gasteiger partial charge in [-0.1, -0.05) is 6.07 Å². The van der Waals surface area contributed by atoms with Crippen molar-refractivity contribution in [3.05, 3.63) is 47.9 Å². The van der Waals surface area contributed by atoms with E-state index in [-0.39, 0.29) is 5.82 Å². The average Bonchev–Trinajstić information content (AvgIpc) is 2.40. The fraction of sp³-hybridized carbons (Fsp3) is 0.294. The molecule has 5 heteroatoms. The lowest BCUT2D eigenvalue weighted by Crippen LogP contribution is -2.27. The molecule has 0 aliphatic rings. The monoisotopic (exact) mass is 301 g/mol. The van der Waals surface area contributed by atoms with Gasteiger partial charge in [0.1, 0.15) is 17.2 Å². The minimum absolute atomic E-state index is 0.299. The molecule has 1 amide bonds. The van der Waals surface area contributed by atoms with Gasteiger partial charge in [0.2, 0.25) is 0 Å². The van der Waals surface area contributed by atoms with Gasteiger partial charge in [-0.15, -0.1) is 0 Å². The summed E-state index contributed by atoms with van der Waals surface area (Å²) in [7, 11) is 0. The van der Waals surface area contributed by atoms with Gasteiger partial charge in [0, 0.05) is 6.20 Å². The summed E-state index contributed by atoms with van der Waals surface area (Å²) in [5.74, 6) is 0.0380. The summed E-state index contributed by atoms with van der Waals surface area (Å²) < 4.78 is 18.8. The van der Waals surface area contributed by atoms with Gasteiger partial charge in [0.05, 0.1) is 0 Å². The molecule has 0 aliphatic heterocycles. The number of halogens is 1. The van der Waals surface area contributed by atoms with Crippen molar-refractivity contribution in [2.75, 3.05) is 5.32 Å². The number of aromatic nitrogens is 1. The Bertz CT molecular complexity index is 693. The predicted octanol–water partition coefficient (Wildman–Crippen LogP) is 4.34. The van der Waals surface area contributed by atoms with Gasteiger partial charge < -0.3 is 4.74 Å². The largest absolute Gasteiger partial charge is 0.444 e. The second-order valence-electron chi connectivity index (χ2n) is 5.88. The van der Waals surface area contributed by atoms with E-state index in [2.05, 4.69) is 16.4 Å². The number of rotatable bonds is 2. The Hall–Kier alpha value is -2.43. The summed E-state index contributed by atoms with van der Waals surface area (Å²) in [6.45, 7) is 7.02. The van der Waals surface area contributed by atoms with Crippen LogP contribution < -0.4 is 5.32 Å². The summed E-state index contributed by atoms with van der Waals surface area (Å²) in [5.41, 5.74) is 1.26. The Morgan fingerprint density at radius 3 is 2.77 bits per heavy atom. The van der Waals surface area contributed by atoms with Crippen LogP contribution in [0.15, 0.2) is 30.5 Å². The van der Waals surface area contributed by atoms with E-state index < -0.39 is 11.7 Å². The first kappa shape index (κ1) is 15.9. The molecule has 0 aliphatic carbocycles. The lowest BCUT2D eigenvalue weighted by Gasteiger charge is -2.19. The van der Waals surface area contributed by atoms with Crippen LogP contribution in [0.3, 0.4) is 0 Å². The number of benzene rings is 1. The number of carbonyl (C=O) groups excluding carboxylic acids is 1. The number of amides is 1. The Kier molecular flexibility index (Phi) is 4.45. The van der Waals surface area contributed by atoms with Crippen LogP contribution in [0, 0.1) is 18.8 Å². The van der Waals surface area contributed by atoms with Gasteiger partial charge >= 0.3 is 6.09 Å². The Morgan fingerprint density at radius 2 is 2.09 bits per heavy atom. The number of pyridine rings is 1. The van der Waals surface area contributed by atoms with Crippen LogP contribution >= 0.6 is 0 Å². The minimum atomic E-state index is -0.589. The average molecular weight is 301 g/mol. The molecule has 115 valence electrons. The van der Waals surface area contributed by atoms with Crippen molar-refractivity contribution in [3.8, 4) is 11.1 Å². The zero-order chi connectivity index (χ0) is 16.3. The summed E-state index contributed by atoms with van der Waals surface area (Å²) in [5, 5.41) is 2.56. The molecular weight excluding hydrogens is 283 g/mol. The van der Waals surface area contributed by atoms with Crippen molar-refractivity contribution in [2.24, 2.45) is 0 Å². The predicted molar refractivity (Wildman–Crippen MR) is 83.1 cm³/mol. The van der Waals surface area contributed by atoms with Crippen molar-refractivity contribution < 1.29 is 13.9 Å². The van der Waals surface area contributed by atoms with E-state index in [1.807, 2.05) is 0 Å². The standard InChI is InChI=1S/C17H18FN2O2/c1-11-13(6-5-7-14(11)18)12-8-9-19-15(10-12)20-16(21)22-17(2,3)4/h5,7-10H,1-4H3,(H,19,20,21). The van der Waals surface area contributed by atoms with E-state index in [0.717, 1.165) is 5.56 Å². The summed E-state index contributed by atoms with van der Waals surface area (Å²) in [6.07, 6.45) is 0.956. The Labute approximate surface area is 129 Å². The summed E-state index contributed by atoms with van der Waals surface area (Å²) >= 11 is 0. The van der Waals surface area contributed by atoms with Crippen LogP contribution in [0.5, 0.6) is 0 Å². The SMILES string of the molecule is Cc1c(-c2ccnc(NC(=O)OC(C)(C)C)c2)[c]ccc1F. The molecule has 0 atom stereocenters. The number of anilines is 1. The maximum atomic E-state index is 13.6. The zero-order valence-electron chi connectivity index (χ0n) is 13.0. The first-order valence-corrected chi connectivity index (χ1v) is 6.89. The molecule has 2 aromatic rings. The second kappa shape index (κ2) is 6.13. The van der Waals surface area contributed by atoms with E-state index >= 15 is 0 Å². The number of nitrogens with zero attached hydrogens (tertiary/aromatic N) is 1. The zero-order valence-corrected chi connectivity index (χ0v) is 13.0. The Morgan fingerprint density at radius 1 is 1.36 bits per heavy atom. The summed E-state index contributed by atoms with van der Waals surface area (Å²) in [6, 6.07) is 9.28. The molecule has 1 radical (unpaired) electrons. The van der Waals surface area contributed by atoms with Gasteiger partial charge in [0.25, 0.3) is 0 Å². The summed E-state index contributed by atoms with van der Waals surface area (Å²) in [4.78, 5) is 15.8. The molecule has 2 rings (SSSR count). The first-order chi connectivity index (χ1) is 10.3. The third-order valence-electron chi connectivity index (χ3n) is 2.87. The molecule has 1 aromatic carbocycles. The lowest BCUT2D eigenvalue weighted by molar-refractivity contribution is 0.0635. The molecule has 0 unspecified atom stereocenters. The Balaban J connectivity index is 2.24. The third-order valence-corrected chi connectivity index (χ3v) is 2.87. The minimum Gasteiger partial charge on any atom is -0.444 e. The van der Waals surface area contributed by atoms with Crippen molar-refractivity contribution in [1.29, 1.82) is 0 Å². The molecule has 0 saturated carbocycles. The van der Waals surface area contributed by atoms with Gasteiger partial charge in [-0.2, -0.15) is 0 Å². The molecule has 1 N–H and O–H groups in total. The van der Waals surface area contributed by atoms with Crippen molar-refractivity contribution in [1.82, 2.24) is 4.98 Å². The molecule has 22 heavy (non-hydrogen) atoms. The third kappa shape index (κ3) is 4.04. The highest BCUT2D eigenvalue weighted by Gasteiger charge is 2.17.